The molecule has 1 amide bonds. The molecule has 0 aliphatic carbocycles. The van der Waals surface area contributed by atoms with Gasteiger partial charge < -0.3 is 19.8 Å². The molecule has 1 aromatic carbocycles. The molecule has 2 N–H and O–H groups in total. The number of nitrogens with one attached hydrogen (secondary N) is 2. The number of nitrogens with zero attached hydrogens (tertiary/aromatic N) is 1. The van der Waals surface area contributed by atoms with E-state index >= 15 is 0 Å². The summed E-state index contributed by atoms with van der Waals surface area (Å²) in [7, 11) is 0. The number of aromatic amines is 1. The second-order valence-electron chi connectivity index (χ2n) is 5.97. The number of hydrogen-bond donors (Lipinski definition) is 2. The SMILES string of the molecule is CCOc1ccc(NC(=O)c2c[nH]c(=O)n(CC3CCCO3)c2=O)cc1. The normalized spacial score (nSPS) is 16.4. The molecule has 2 aromatic rings. The Morgan fingerprint density at radius 2 is 2.12 bits per heavy atom. The number of carbonyl (C=O) groups is 1. The van der Waals surface area contributed by atoms with Crippen molar-refractivity contribution >= 4 is 11.6 Å². The number of rotatable bonds is 6. The fraction of sp³-hybridized carbons (Fsp3) is 0.389. The maximum Gasteiger partial charge on any atom is 0.328 e. The van der Waals surface area contributed by atoms with E-state index < -0.39 is 17.2 Å². The second kappa shape index (κ2) is 8.01. The molecule has 1 aliphatic heterocycles. The molecule has 1 fully saturated rings. The van der Waals surface area contributed by atoms with Crippen LogP contribution in [0.25, 0.3) is 0 Å². The monoisotopic (exact) mass is 359 g/mol. The first kappa shape index (κ1) is 17.9. The van der Waals surface area contributed by atoms with Crippen LogP contribution in [0.3, 0.4) is 0 Å². The minimum atomic E-state index is -0.632. The van der Waals surface area contributed by atoms with E-state index in [1.807, 2.05) is 6.92 Å². The number of amides is 1. The van der Waals surface area contributed by atoms with Crippen LogP contribution in [0.1, 0.15) is 30.1 Å². The highest BCUT2D eigenvalue weighted by Gasteiger charge is 2.20. The molecule has 0 spiro atoms. The summed E-state index contributed by atoms with van der Waals surface area (Å²) in [5, 5.41) is 2.65. The molecule has 8 nitrogen and oxygen atoms in total. The molecular weight excluding hydrogens is 338 g/mol. The first-order valence-corrected chi connectivity index (χ1v) is 8.57. The van der Waals surface area contributed by atoms with Gasteiger partial charge in [-0.05, 0) is 44.0 Å². The van der Waals surface area contributed by atoms with E-state index in [0.717, 1.165) is 23.6 Å². The summed E-state index contributed by atoms with van der Waals surface area (Å²) in [6.07, 6.45) is 2.64. The van der Waals surface area contributed by atoms with Gasteiger partial charge in [0.25, 0.3) is 11.5 Å². The van der Waals surface area contributed by atoms with Gasteiger partial charge in [-0.3, -0.25) is 14.2 Å². The molecule has 1 atom stereocenters. The third-order valence-corrected chi connectivity index (χ3v) is 4.14. The van der Waals surface area contributed by atoms with Crippen LogP contribution in [0.4, 0.5) is 5.69 Å². The Morgan fingerprint density at radius 3 is 2.77 bits per heavy atom. The summed E-state index contributed by atoms with van der Waals surface area (Å²) in [6, 6.07) is 6.81. The van der Waals surface area contributed by atoms with Crippen molar-refractivity contribution in [2.75, 3.05) is 18.5 Å². The zero-order chi connectivity index (χ0) is 18.5. The average Bonchev–Trinajstić information content (AvgIpc) is 3.13. The molecule has 1 saturated heterocycles. The molecule has 0 saturated carbocycles. The molecule has 1 aromatic heterocycles. The predicted molar refractivity (Wildman–Crippen MR) is 95.9 cm³/mol. The number of anilines is 1. The Hall–Kier alpha value is -2.87. The van der Waals surface area contributed by atoms with Crippen molar-refractivity contribution < 1.29 is 14.3 Å². The number of ether oxygens (including phenoxy) is 2. The fourth-order valence-corrected chi connectivity index (χ4v) is 2.83. The van der Waals surface area contributed by atoms with E-state index in [-0.39, 0.29) is 18.2 Å². The maximum atomic E-state index is 12.6. The van der Waals surface area contributed by atoms with Crippen molar-refractivity contribution in [1.82, 2.24) is 9.55 Å². The largest absolute Gasteiger partial charge is 0.494 e. The number of benzene rings is 1. The smallest absolute Gasteiger partial charge is 0.328 e. The van der Waals surface area contributed by atoms with Gasteiger partial charge in [0.1, 0.15) is 11.3 Å². The standard InChI is InChI=1S/C18H21N3O5/c1-2-25-13-7-5-12(6-8-13)20-16(22)15-10-19-18(24)21(17(15)23)11-14-4-3-9-26-14/h5-8,10,14H,2-4,9,11H2,1H3,(H,19,24)(H,20,22). The van der Waals surface area contributed by atoms with Crippen molar-refractivity contribution in [3.63, 3.8) is 0 Å². The molecule has 2 heterocycles. The molecule has 138 valence electrons. The van der Waals surface area contributed by atoms with E-state index in [0.29, 0.717) is 24.7 Å². The van der Waals surface area contributed by atoms with Crippen LogP contribution >= 0.6 is 0 Å². The second-order valence-corrected chi connectivity index (χ2v) is 5.97. The minimum absolute atomic E-state index is 0.128. The van der Waals surface area contributed by atoms with Gasteiger partial charge in [0.05, 0.1) is 19.3 Å². The van der Waals surface area contributed by atoms with Crippen LogP contribution in [0.15, 0.2) is 40.1 Å². The van der Waals surface area contributed by atoms with Gasteiger partial charge in [-0.1, -0.05) is 0 Å². The van der Waals surface area contributed by atoms with Gasteiger partial charge in [0, 0.05) is 18.5 Å². The highest BCUT2D eigenvalue weighted by atomic mass is 16.5. The molecular formula is C18H21N3O5. The molecule has 1 unspecified atom stereocenters. The topological polar surface area (TPSA) is 102 Å². The third kappa shape index (κ3) is 4.02. The predicted octanol–water partition coefficient (Wildman–Crippen LogP) is 1.37. The van der Waals surface area contributed by atoms with Crippen LogP contribution in [-0.4, -0.2) is 34.8 Å². The van der Waals surface area contributed by atoms with Gasteiger partial charge in [-0.25, -0.2) is 4.79 Å². The van der Waals surface area contributed by atoms with Gasteiger partial charge in [0.15, 0.2) is 0 Å². The van der Waals surface area contributed by atoms with Crippen LogP contribution in [0.5, 0.6) is 5.75 Å². The Bertz CT molecular complexity index is 879. The van der Waals surface area contributed by atoms with Gasteiger partial charge in [0.2, 0.25) is 0 Å². The molecule has 26 heavy (non-hydrogen) atoms. The number of carbonyl (C=O) groups excluding carboxylic acids is 1. The van der Waals surface area contributed by atoms with Crippen molar-refractivity contribution in [1.29, 1.82) is 0 Å². The van der Waals surface area contributed by atoms with Crippen molar-refractivity contribution in [2.45, 2.75) is 32.4 Å². The van der Waals surface area contributed by atoms with Gasteiger partial charge in [-0.15, -0.1) is 0 Å². The molecule has 8 heteroatoms. The van der Waals surface area contributed by atoms with Crippen LogP contribution in [-0.2, 0) is 11.3 Å². The first-order chi connectivity index (χ1) is 12.6. The molecule has 0 bridgehead atoms. The lowest BCUT2D eigenvalue weighted by atomic mass is 10.2. The summed E-state index contributed by atoms with van der Waals surface area (Å²) in [5.74, 6) is 0.102. The van der Waals surface area contributed by atoms with E-state index in [9.17, 15) is 14.4 Å². The van der Waals surface area contributed by atoms with Crippen LogP contribution < -0.4 is 21.3 Å². The zero-order valence-corrected chi connectivity index (χ0v) is 14.5. The van der Waals surface area contributed by atoms with Crippen molar-refractivity contribution in [3.05, 3.63) is 56.9 Å². The Balaban J connectivity index is 1.78. The van der Waals surface area contributed by atoms with E-state index in [2.05, 4.69) is 10.3 Å². The third-order valence-electron chi connectivity index (χ3n) is 4.14. The lowest BCUT2D eigenvalue weighted by Gasteiger charge is -2.12. The quantitative estimate of drug-likeness (QED) is 0.811. The number of H-pyrrole nitrogens is 1. The van der Waals surface area contributed by atoms with Gasteiger partial charge in [-0.2, -0.15) is 0 Å². The lowest BCUT2D eigenvalue weighted by Crippen LogP contribution is -2.41. The summed E-state index contributed by atoms with van der Waals surface area (Å²) in [6.45, 7) is 3.19. The Labute approximate surface area is 149 Å². The molecule has 0 radical (unpaired) electrons. The van der Waals surface area contributed by atoms with Crippen molar-refractivity contribution in [3.8, 4) is 5.75 Å². The maximum absolute atomic E-state index is 12.6. The van der Waals surface area contributed by atoms with E-state index in [1.54, 1.807) is 24.3 Å². The van der Waals surface area contributed by atoms with Crippen LogP contribution in [0, 0.1) is 0 Å². The Morgan fingerprint density at radius 1 is 1.35 bits per heavy atom. The average molecular weight is 359 g/mol. The number of aromatic nitrogens is 2. The molecule has 1 aliphatic rings. The summed E-state index contributed by atoms with van der Waals surface area (Å²) in [4.78, 5) is 39.4. The summed E-state index contributed by atoms with van der Waals surface area (Å²) < 4.78 is 11.8. The van der Waals surface area contributed by atoms with E-state index in [1.165, 1.54) is 0 Å². The molecule has 3 rings (SSSR count). The minimum Gasteiger partial charge on any atom is -0.494 e. The zero-order valence-electron chi connectivity index (χ0n) is 14.5. The van der Waals surface area contributed by atoms with Gasteiger partial charge >= 0.3 is 5.69 Å². The fourth-order valence-electron chi connectivity index (χ4n) is 2.83. The number of hydrogen-bond acceptors (Lipinski definition) is 5. The highest BCUT2D eigenvalue weighted by Crippen LogP contribution is 2.16. The van der Waals surface area contributed by atoms with Crippen molar-refractivity contribution in [2.24, 2.45) is 0 Å². The summed E-state index contributed by atoms with van der Waals surface area (Å²) in [5.41, 5.74) is -0.790. The van der Waals surface area contributed by atoms with Crippen LogP contribution in [0.2, 0.25) is 0 Å². The highest BCUT2D eigenvalue weighted by molar-refractivity contribution is 6.03. The Kier molecular flexibility index (Phi) is 5.52. The first-order valence-electron chi connectivity index (χ1n) is 8.57. The lowest BCUT2D eigenvalue weighted by molar-refractivity contribution is 0.0941. The summed E-state index contributed by atoms with van der Waals surface area (Å²) >= 11 is 0. The van der Waals surface area contributed by atoms with E-state index in [4.69, 9.17) is 9.47 Å².